The molecule has 1 saturated heterocycles. The molecule has 1 aromatic rings. The number of para-hydroxylation sites is 1. The highest BCUT2D eigenvalue weighted by Crippen LogP contribution is 2.22. The van der Waals surface area contributed by atoms with Crippen LogP contribution in [0.4, 0.5) is 0 Å². The van der Waals surface area contributed by atoms with Crippen LogP contribution >= 0.6 is 0 Å². The standard InChI is InChI=1S/C16H22N2O3/c1-11-7-12(2)9-18(8-11)15(19)10-21-14-6-4-3-5-13(14)16(17)20/h3-6,11-12H,7-10H2,1-2H3,(H2,17,20)/t11-,12-/m1/s1. The minimum atomic E-state index is -0.557. The van der Waals surface area contributed by atoms with Gasteiger partial charge in [-0.1, -0.05) is 26.0 Å². The minimum Gasteiger partial charge on any atom is -0.483 e. The van der Waals surface area contributed by atoms with Crippen LogP contribution in [0.3, 0.4) is 0 Å². The van der Waals surface area contributed by atoms with Gasteiger partial charge in [-0.2, -0.15) is 0 Å². The maximum absolute atomic E-state index is 12.2. The van der Waals surface area contributed by atoms with Gasteiger partial charge in [0.1, 0.15) is 5.75 Å². The third-order valence-corrected chi connectivity index (χ3v) is 3.73. The van der Waals surface area contributed by atoms with E-state index in [1.165, 1.54) is 0 Å². The summed E-state index contributed by atoms with van der Waals surface area (Å²) in [5.74, 6) is 0.772. The molecule has 2 rings (SSSR count). The molecule has 0 aromatic heterocycles. The maximum atomic E-state index is 12.2. The lowest BCUT2D eigenvalue weighted by molar-refractivity contribution is -0.136. The van der Waals surface area contributed by atoms with Crippen molar-refractivity contribution in [1.82, 2.24) is 4.90 Å². The molecule has 0 aliphatic carbocycles. The summed E-state index contributed by atoms with van der Waals surface area (Å²) in [5.41, 5.74) is 5.58. The smallest absolute Gasteiger partial charge is 0.260 e. The number of carbonyl (C=O) groups excluding carboxylic acids is 2. The molecule has 1 aromatic carbocycles. The zero-order valence-electron chi connectivity index (χ0n) is 12.5. The van der Waals surface area contributed by atoms with Crippen LogP contribution in [-0.2, 0) is 4.79 Å². The van der Waals surface area contributed by atoms with Gasteiger partial charge in [-0.05, 0) is 30.4 Å². The van der Waals surface area contributed by atoms with E-state index in [2.05, 4.69) is 13.8 Å². The van der Waals surface area contributed by atoms with Crippen LogP contribution in [0.2, 0.25) is 0 Å². The summed E-state index contributed by atoms with van der Waals surface area (Å²) < 4.78 is 5.49. The Morgan fingerprint density at radius 2 is 1.86 bits per heavy atom. The number of primary amides is 1. The van der Waals surface area contributed by atoms with Crippen LogP contribution in [0, 0.1) is 11.8 Å². The van der Waals surface area contributed by atoms with E-state index >= 15 is 0 Å². The number of benzene rings is 1. The average Bonchev–Trinajstić information content (AvgIpc) is 2.43. The molecule has 0 spiro atoms. The van der Waals surface area contributed by atoms with Gasteiger partial charge in [0.15, 0.2) is 6.61 Å². The molecule has 1 heterocycles. The lowest BCUT2D eigenvalue weighted by Gasteiger charge is -2.34. The van der Waals surface area contributed by atoms with Gasteiger partial charge in [-0.25, -0.2) is 0 Å². The second-order valence-electron chi connectivity index (χ2n) is 5.89. The van der Waals surface area contributed by atoms with E-state index in [-0.39, 0.29) is 12.5 Å². The zero-order valence-corrected chi connectivity index (χ0v) is 12.5. The van der Waals surface area contributed by atoms with Crippen molar-refractivity contribution in [2.45, 2.75) is 20.3 Å². The Labute approximate surface area is 125 Å². The Morgan fingerprint density at radius 1 is 1.24 bits per heavy atom. The number of rotatable bonds is 4. The summed E-state index contributed by atoms with van der Waals surface area (Å²) in [4.78, 5) is 25.4. The topological polar surface area (TPSA) is 72.6 Å². The van der Waals surface area contributed by atoms with E-state index in [4.69, 9.17) is 10.5 Å². The van der Waals surface area contributed by atoms with Crippen molar-refractivity contribution in [3.05, 3.63) is 29.8 Å². The number of amides is 2. The maximum Gasteiger partial charge on any atom is 0.260 e. The molecular formula is C16H22N2O3. The first kappa shape index (κ1) is 15.4. The second kappa shape index (κ2) is 6.61. The van der Waals surface area contributed by atoms with Crippen LogP contribution in [0.15, 0.2) is 24.3 Å². The summed E-state index contributed by atoms with van der Waals surface area (Å²) in [5, 5.41) is 0. The molecule has 2 N–H and O–H groups in total. The Balaban J connectivity index is 1.97. The average molecular weight is 290 g/mol. The minimum absolute atomic E-state index is 0.0485. The molecule has 1 aliphatic rings. The van der Waals surface area contributed by atoms with Crippen molar-refractivity contribution in [1.29, 1.82) is 0 Å². The largest absolute Gasteiger partial charge is 0.483 e. The molecule has 0 saturated carbocycles. The predicted octanol–water partition coefficient (Wildman–Crippen LogP) is 1.67. The molecule has 114 valence electrons. The summed E-state index contributed by atoms with van der Waals surface area (Å²) in [6.45, 7) is 5.77. The molecule has 2 atom stereocenters. The van der Waals surface area contributed by atoms with Gasteiger partial charge in [0.2, 0.25) is 0 Å². The van der Waals surface area contributed by atoms with Crippen molar-refractivity contribution in [3.8, 4) is 5.75 Å². The Bertz CT molecular complexity index is 520. The summed E-state index contributed by atoms with van der Waals surface area (Å²) in [6.07, 6.45) is 1.15. The predicted molar refractivity (Wildman–Crippen MR) is 80.0 cm³/mol. The van der Waals surface area contributed by atoms with Gasteiger partial charge in [-0.15, -0.1) is 0 Å². The fraction of sp³-hybridized carbons (Fsp3) is 0.500. The third-order valence-electron chi connectivity index (χ3n) is 3.73. The van der Waals surface area contributed by atoms with Crippen LogP contribution in [0.25, 0.3) is 0 Å². The molecule has 5 nitrogen and oxygen atoms in total. The second-order valence-corrected chi connectivity index (χ2v) is 5.89. The van der Waals surface area contributed by atoms with Crippen molar-refractivity contribution in [2.75, 3.05) is 19.7 Å². The number of piperidine rings is 1. The third kappa shape index (κ3) is 3.97. The van der Waals surface area contributed by atoms with Crippen LogP contribution < -0.4 is 10.5 Å². The molecule has 0 unspecified atom stereocenters. The first-order valence-corrected chi connectivity index (χ1v) is 7.26. The highest BCUT2D eigenvalue weighted by molar-refractivity contribution is 5.95. The first-order chi connectivity index (χ1) is 9.97. The highest BCUT2D eigenvalue weighted by atomic mass is 16.5. The number of hydrogen-bond donors (Lipinski definition) is 1. The van der Waals surface area contributed by atoms with Gasteiger partial charge in [0.05, 0.1) is 5.56 Å². The van der Waals surface area contributed by atoms with E-state index in [0.717, 1.165) is 19.5 Å². The first-order valence-electron chi connectivity index (χ1n) is 7.26. The van der Waals surface area contributed by atoms with E-state index in [9.17, 15) is 9.59 Å². The molecule has 21 heavy (non-hydrogen) atoms. The number of carbonyl (C=O) groups is 2. The Kier molecular flexibility index (Phi) is 4.83. The number of hydrogen-bond acceptors (Lipinski definition) is 3. The van der Waals surface area contributed by atoms with E-state index < -0.39 is 5.91 Å². The van der Waals surface area contributed by atoms with E-state index in [1.807, 2.05) is 4.90 Å². The van der Waals surface area contributed by atoms with E-state index in [1.54, 1.807) is 24.3 Å². The summed E-state index contributed by atoms with van der Waals surface area (Å²) in [6, 6.07) is 6.70. The molecule has 1 aliphatic heterocycles. The van der Waals surface area contributed by atoms with Crippen molar-refractivity contribution in [2.24, 2.45) is 17.6 Å². The molecule has 5 heteroatoms. The van der Waals surface area contributed by atoms with Gasteiger partial charge in [0, 0.05) is 13.1 Å². The number of nitrogens with zero attached hydrogens (tertiary/aromatic N) is 1. The molecule has 2 amide bonds. The molecular weight excluding hydrogens is 268 g/mol. The fourth-order valence-corrected chi connectivity index (χ4v) is 2.89. The van der Waals surface area contributed by atoms with Crippen LogP contribution in [0.5, 0.6) is 5.75 Å². The Morgan fingerprint density at radius 3 is 2.48 bits per heavy atom. The fourth-order valence-electron chi connectivity index (χ4n) is 2.89. The SMILES string of the molecule is C[C@@H]1C[C@@H](C)CN(C(=O)COc2ccccc2C(N)=O)C1. The normalized spacial score (nSPS) is 21.9. The summed E-state index contributed by atoms with van der Waals surface area (Å²) >= 11 is 0. The molecule has 0 bridgehead atoms. The zero-order chi connectivity index (χ0) is 15.4. The van der Waals surface area contributed by atoms with Crippen LogP contribution in [0.1, 0.15) is 30.6 Å². The lowest BCUT2D eigenvalue weighted by Crippen LogP contribution is -2.44. The molecule has 1 fully saturated rings. The van der Waals surface area contributed by atoms with Crippen molar-refractivity contribution >= 4 is 11.8 Å². The number of nitrogens with two attached hydrogens (primary N) is 1. The number of ether oxygens (including phenoxy) is 1. The van der Waals surface area contributed by atoms with Crippen molar-refractivity contribution in [3.63, 3.8) is 0 Å². The van der Waals surface area contributed by atoms with Gasteiger partial charge in [0.25, 0.3) is 11.8 Å². The van der Waals surface area contributed by atoms with E-state index in [0.29, 0.717) is 23.1 Å². The van der Waals surface area contributed by atoms with Gasteiger partial charge in [-0.3, -0.25) is 9.59 Å². The summed E-state index contributed by atoms with van der Waals surface area (Å²) in [7, 11) is 0. The molecule has 0 radical (unpaired) electrons. The van der Waals surface area contributed by atoms with Gasteiger partial charge >= 0.3 is 0 Å². The van der Waals surface area contributed by atoms with Crippen LogP contribution in [-0.4, -0.2) is 36.4 Å². The number of likely N-dealkylation sites (tertiary alicyclic amines) is 1. The van der Waals surface area contributed by atoms with Gasteiger partial charge < -0.3 is 15.4 Å². The quantitative estimate of drug-likeness (QED) is 0.916. The monoisotopic (exact) mass is 290 g/mol. The van der Waals surface area contributed by atoms with Crippen molar-refractivity contribution < 1.29 is 14.3 Å². The highest BCUT2D eigenvalue weighted by Gasteiger charge is 2.25. The Hall–Kier alpha value is -2.04. The lowest BCUT2D eigenvalue weighted by atomic mass is 9.92.